The van der Waals surface area contributed by atoms with Crippen LogP contribution < -0.4 is 24.8 Å². The van der Waals surface area contributed by atoms with E-state index in [1.165, 1.54) is 69.3 Å². The van der Waals surface area contributed by atoms with Gasteiger partial charge in [0.2, 0.25) is 0 Å². The minimum absolute atomic E-state index is 0. The smallest absolute Gasteiger partial charge is 1.00 e. The van der Waals surface area contributed by atoms with Gasteiger partial charge in [0.05, 0.1) is 0 Å². The number of fused-ring (bicyclic) bond motifs is 2. The predicted octanol–water partition coefficient (Wildman–Crippen LogP) is 3.97. The van der Waals surface area contributed by atoms with Gasteiger partial charge in [-0.2, -0.15) is 0 Å². The zero-order valence-corrected chi connectivity index (χ0v) is 27.7. The summed E-state index contributed by atoms with van der Waals surface area (Å²) in [4.78, 5) is 0. The summed E-state index contributed by atoms with van der Waals surface area (Å²) in [5.41, 5.74) is 8.00. The number of rotatable bonds is 13. The second kappa shape index (κ2) is 15.9. The molecular formula is C31H41Cl2HfP. The molecule has 2 atom stereocenters. The van der Waals surface area contributed by atoms with Crippen molar-refractivity contribution in [1.29, 1.82) is 0 Å². The van der Waals surface area contributed by atoms with E-state index in [1.54, 1.807) is 22.3 Å². The van der Waals surface area contributed by atoms with Gasteiger partial charge in [0.25, 0.3) is 0 Å². The molecule has 0 aromatic heterocycles. The van der Waals surface area contributed by atoms with Crippen LogP contribution in [0.3, 0.4) is 0 Å². The van der Waals surface area contributed by atoms with Gasteiger partial charge in [0, 0.05) is 0 Å². The number of unbranched alkanes of at least 4 members (excludes halogenated alkanes) is 6. The second-order valence-electron chi connectivity index (χ2n) is 9.86. The van der Waals surface area contributed by atoms with Gasteiger partial charge in [0.1, 0.15) is 0 Å². The van der Waals surface area contributed by atoms with E-state index in [1.807, 2.05) is 5.31 Å². The van der Waals surface area contributed by atoms with E-state index in [0.717, 1.165) is 7.35 Å². The van der Waals surface area contributed by atoms with Gasteiger partial charge in [-0.3, -0.25) is 0 Å². The molecule has 4 rings (SSSR count). The molecule has 0 spiro atoms. The van der Waals surface area contributed by atoms with Crippen LogP contribution in [0.1, 0.15) is 102 Å². The summed E-state index contributed by atoms with van der Waals surface area (Å²) in [5.74, 6) is 0. The fourth-order valence-corrected chi connectivity index (χ4v) is 17.3. The number of allylic oxidation sites excluding steroid dienone is 2. The maximum atomic E-state index is 2.68. The molecule has 2 aliphatic carbocycles. The summed E-state index contributed by atoms with van der Waals surface area (Å²) in [5, 5.41) is 1.90. The maximum Gasteiger partial charge on any atom is -1.00 e. The van der Waals surface area contributed by atoms with Gasteiger partial charge < -0.3 is 24.8 Å². The molecule has 0 saturated heterocycles. The standard InChI is InChI=1S/C21H32P.C10H9.2ClH.Hf/c1-3-5-7-11-15-22(16-12-8-6-4-2)21-17-19-13-9-10-14-20(19)18-21;1-8-6-9-4-2-3-5-10(9)7-8;;;/h9-10,13-14,17-18H,3-8,11-12,15-16H2,1-2H3;2-7H,1H3;2*1H;/q;;;;+2/p-2. The minimum atomic E-state index is -1.02. The van der Waals surface area contributed by atoms with Crippen LogP contribution in [0.5, 0.6) is 0 Å². The fraction of sp³-hybridized carbons (Fsp3) is 0.484. The second-order valence-corrected chi connectivity index (χ2v) is 17.7. The molecule has 0 aliphatic heterocycles. The van der Waals surface area contributed by atoms with E-state index in [4.69, 9.17) is 0 Å². The van der Waals surface area contributed by atoms with Crippen LogP contribution in [-0.4, -0.2) is 12.3 Å². The number of benzene rings is 2. The molecule has 35 heavy (non-hydrogen) atoms. The van der Waals surface area contributed by atoms with E-state index in [2.05, 4.69) is 81.5 Å². The fourth-order valence-electron chi connectivity index (χ4n) is 5.45. The van der Waals surface area contributed by atoms with E-state index >= 15 is 0 Å². The summed E-state index contributed by atoms with van der Waals surface area (Å²) in [6.07, 6.45) is 19.3. The summed E-state index contributed by atoms with van der Waals surface area (Å²) >= 11 is -1.02. The van der Waals surface area contributed by atoms with Crippen molar-refractivity contribution in [3.8, 4) is 0 Å². The minimum Gasteiger partial charge on any atom is -1.00 e. The van der Waals surface area contributed by atoms with E-state index < -0.39 is 22.9 Å². The Kier molecular flexibility index (Phi) is 14.1. The average molecular weight is 694 g/mol. The molecule has 188 valence electrons. The molecule has 0 fully saturated rings. The first kappa shape index (κ1) is 31.0. The first-order chi connectivity index (χ1) is 16.2. The van der Waals surface area contributed by atoms with Crippen molar-refractivity contribution >= 4 is 20.1 Å². The molecule has 0 N–H and O–H groups in total. The van der Waals surface area contributed by atoms with E-state index in [0.29, 0.717) is 0 Å². The van der Waals surface area contributed by atoms with Crippen molar-refractivity contribution < 1.29 is 47.7 Å². The van der Waals surface area contributed by atoms with Crippen molar-refractivity contribution in [2.75, 3.05) is 12.3 Å². The van der Waals surface area contributed by atoms with Crippen LogP contribution in [0, 0.1) is 0 Å². The van der Waals surface area contributed by atoms with Crippen LogP contribution in [0.4, 0.5) is 0 Å². The van der Waals surface area contributed by atoms with Crippen LogP contribution >= 0.6 is 7.92 Å². The van der Waals surface area contributed by atoms with Crippen molar-refractivity contribution in [1.82, 2.24) is 0 Å². The maximum absolute atomic E-state index is 2.68. The number of halogens is 2. The molecule has 2 aliphatic rings. The number of hydrogen-bond donors (Lipinski definition) is 0. The van der Waals surface area contributed by atoms with Gasteiger partial charge in [-0.1, -0.05) is 0 Å². The van der Waals surface area contributed by atoms with Gasteiger partial charge >= 0.3 is 216 Å². The molecule has 0 heterocycles. The van der Waals surface area contributed by atoms with Crippen LogP contribution in [0.15, 0.2) is 59.4 Å². The molecule has 4 heteroatoms. The quantitative estimate of drug-likeness (QED) is 0.169. The Labute approximate surface area is 239 Å². The molecule has 0 bridgehead atoms. The van der Waals surface area contributed by atoms with Gasteiger partial charge in [-0.25, -0.2) is 0 Å². The monoisotopic (exact) mass is 694 g/mol. The third-order valence-corrected chi connectivity index (χ3v) is 18.4. The Morgan fingerprint density at radius 2 is 1.17 bits per heavy atom. The van der Waals surface area contributed by atoms with Crippen molar-refractivity contribution in [3.63, 3.8) is 0 Å². The largest absolute Gasteiger partial charge is 1.00 e. The van der Waals surface area contributed by atoms with Crippen LogP contribution in [0.25, 0.3) is 12.2 Å². The van der Waals surface area contributed by atoms with Crippen molar-refractivity contribution in [3.05, 3.63) is 81.7 Å². The summed E-state index contributed by atoms with van der Waals surface area (Å²) < 4.78 is 1.56. The summed E-state index contributed by atoms with van der Waals surface area (Å²) in [6.45, 7) is 7.08. The Morgan fingerprint density at radius 1 is 0.657 bits per heavy atom. The SMILES string of the molecule is CCCCCCP(CCCCCC)C1=Cc2ccccc2[CH]1[Hf+2][CH]1C(C)=Cc2ccccc21.[Cl-].[Cl-]. The first-order valence-corrected chi connectivity index (χ1v) is 19.2. The topological polar surface area (TPSA) is 0 Å². The zero-order valence-electron chi connectivity index (χ0n) is 21.7. The molecule has 0 amide bonds. The summed E-state index contributed by atoms with van der Waals surface area (Å²) in [7, 11) is 0.00782. The number of hydrogen-bond acceptors (Lipinski definition) is 0. The van der Waals surface area contributed by atoms with Gasteiger partial charge in [-0.05, 0) is 0 Å². The Bertz CT molecular complexity index is 971. The van der Waals surface area contributed by atoms with Crippen LogP contribution in [0.2, 0.25) is 0 Å². The van der Waals surface area contributed by atoms with E-state index in [9.17, 15) is 0 Å². The molecule has 2 aromatic rings. The Balaban J connectivity index is 0.00000216. The third-order valence-electron chi connectivity index (χ3n) is 7.31. The molecule has 2 unspecified atom stereocenters. The van der Waals surface area contributed by atoms with Crippen molar-refractivity contribution in [2.24, 2.45) is 0 Å². The third kappa shape index (κ3) is 7.89. The molecule has 0 radical (unpaired) electrons. The summed E-state index contributed by atoms with van der Waals surface area (Å²) in [6, 6.07) is 18.6. The molecular weight excluding hydrogens is 653 g/mol. The molecule has 2 aromatic carbocycles. The Hall–Kier alpha value is -0.200. The average Bonchev–Trinajstić information content (AvgIpc) is 3.36. The van der Waals surface area contributed by atoms with Gasteiger partial charge in [0.15, 0.2) is 0 Å². The van der Waals surface area contributed by atoms with Gasteiger partial charge in [-0.15, -0.1) is 0 Å². The molecule has 0 saturated carbocycles. The predicted molar refractivity (Wildman–Crippen MR) is 145 cm³/mol. The first-order valence-electron chi connectivity index (χ1n) is 13.3. The normalized spacial score (nSPS) is 17.6. The van der Waals surface area contributed by atoms with Crippen molar-refractivity contribution in [2.45, 2.75) is 79.5 Å². The Morgan fingerprint density at radius 3 is 1.74 bits per heavy atom. The van der Waals surface area contributed by atoms with Crippen LogP contribution in [-0.2, 0) is 22.9 Å². The van der Waals surface area contributed by atoms with E-state index in [-0.39, 0.29) is 32.7 Å². The molecule has 0 nitrogen and oxygen atoms in total. The zero-order chi connectivity index (χ0) is 23.0.